The summed E-state index contributed by atoms with van der Waals surface area (Å²) in [6.07, 6.45) is 1.71. The number of hydrogen-bond acceptors (Lipinski definition) is 5. The zero-order chi connectivity index (χ0) is 13.9. The Hall–Kier alpha value is -2.27. The van der Waals surface area contributed by atoms with Crippen molar-refractivity contribution in [2.75, 3.05) is 6.61 Å². The average Bonchev–Trinajstić information content (AvgIpc) is 2.46. The van der Waals surface area contributed by atoms with Crippen LogP contribution in [0.1, 0.15) is 6.92 Å². The van der Waals surface area contributed by atoms with Crippen molar-refractivity contribution in [2.24, 2.45) is 0 Å². The molecular formula is C14H11ClN4O. The molecular weight excluding hydrogens is 276 g/mol. The monoisotopic (exact) mass is 286 g/mol. The van der Waals surface area contributed by atoms with Crippen molar-refractivity contribution < 1.29 is 4.74 Å². The molecule has 0 aliphatic rings. The first-order valence-electron chi connectivity index (χ1n) is 6.16. The van der Waals surface area contributed by atoms with Gasteiger partial charge >= 0.3 is 6.01 Å². The molecule has 0 fully saturated rings. The summed E-state index contributed by atoms with van der Waals surface area (Å²) in [4.78, 5) is 16.6. The Morgan fingerprint density at radius 2 is 2.00 bits per heavy atom. The fourth-order valence-electron chi connectivity index (χ4n) is 1.85. The fraction of sp³-hybridized carbons (Fsp3) is 0.143. The molecule has 2 heterocycles. The van der Waals surface area contributed by atoms with Gasteiger partial charge in [-0.05, 0) is 30.7 Å². The van der Waals surface area contributed by atoms with E-state index in [1.165, 1.54) is 0 Å². The number of rotatable bonds is 3. The molecule has 0 radical (unpaired) electrons. The van der Waals surface area contributed by atoms with E-state index in [0.29, 0.717) is 12.4 Å². The van der Waals surface area contributed by atoms with Gasteiger partial charge in [0.1, 0.15) is 0 Å². The van der Waals surface area contributed by atoms with Crippen LogP contribution in [0.3, 0.4) is 0 Å². The van der Waals surface area contributed by atoms with Gasteiger partial charge in [-0.1, -0.05) is 18.2 Å². The number of hydrogen-bond donors (Lipinski definition) is 0. The number of fused-ring (bicyclic) bond motifs is 1. The largest absolute Gasteiger partial charge is 0.464 e. The molecule has 0 unspecified atom stereocenters. The summed E-state index contributed by atoms with van der Waals surface area (Å²) in [6, 6.07) is 10.0. The number of para-hydroxylation sites is 1. The smallest absolute Gasteiger partial charge is 0.321 e. The number of halogens is 1. The average molecular weight is 287 g/mol. The molecule has 0 saturated heterocycles. The molecule has 0 aliphatic carbocycles. The van der Waals surface area contributed by atoms with Crippen molar-refractivity contribution in [3.63, 3.8) is 0 Å². The maximum Gasteiger partial charge on any atom is 0.321 e. The van der Waals surface area contributed by atoms with E-state index < -0.39 is 0 Å². The lowest BCUT2D eigenvalue weighted by Gasteiger charge is -2.05. The third-order valence-electron chi connectivity index (χ3n) is 2.71. The highest BCUT2D eigenvalue weighted by Crippen LogP contribution is 2.22. The second-order valence-corrected chi connectivity index (χ2v) is 4.40. The zero-order valence-corrected chi connectivity index (χ0v) is 11.5. The highest BCUT2D eigenvalue weighted by molar-refractivity contribution is 6.28. The molecule has 0 amide bonds. The van der Waals surface area contributed by atoms with Crippen molar-refractivity contribution in [1.29, 1.82) is 0 Å². The first-order valence-corrected chi connectivity index (χ1v) is 6.53. The Bertz CT molecular complexity index is 763. The summed E-state index contributed by atoms with van der Waals surface area (Å²) in [5.41, 5.74) is 1.69. The second kappa shape index (κ2) is 5.38. The van der Waals surface area contributed by atoms with Crippen molar-refractivity contribution in [3.8, 4) is 17.4 Å². The van der Waals surface area contributed by atoms with Gasteiger partial charge in [-0.2, -0.15) is 15.0 Å². The summed E-state index contributed by atoms with van der Waals surface area (Å²) in [6.45, 7) is 2.32. The fourth-order valence-corrected chi connectivity index (χ4v) is 2.00. The van der Waals surface area contributed by atoms with Crippen molar-refractivity contribution in [3.05, 3.63) is 41.8 Å². The molecule has 0 saturated carbocycles. The van der Waals surface area contributed by atoms with Crippen LogP contribution in [0.15, 0.2) is 36.5 Å². The molecule has 20 heavy (non-hydrogen) atoms. The molecule has 6 heteroatoms. The molecule has 2 aromatic heterocycles. The van der Waals surface area contributed by atoms with Gasteiger partial charge in [-0.25, -0.2) is 0 Å². The van der Waals surface area contributed by atoms with Crippen molar-refractivity contribution >= 4 is 22.5 Å². The molecule has 1 aromatic carbocycles. The van der Waals surface area contributed by atoms with Gasteiger partial charge in [0.2, 0.25) is 5.28 Å². The summed E-state index contributed by atoms with van der Waals surface area (Å²) in [7, 11) is 0. The van der Waals surface area contributed by atoms with Crippen LogP contribution in [0.4, 0.5) is 0 Å². The van der Waals surface area contributed by atoms with E-state index in [-0.39, 0.29) is 11.3 Å². The number of aromatic nitrogens is 4. The van der Waals surface area contributed by atoms with E-state index >= 15 is 0 Å². The zero-order valence-electron chi connectivity index (χ0n) is 10.7. The highest BCUT2D eigenvalue weighted by atomic mass is 35.5. The van der Waals surface area contributed by atoms with E-state index in [1.807, 2.05) is 37.3 Å². The molecule has 0 bridgehead atoms. The summed E-state index contributed by atoms with van der Waals surface area (Å²) in [5, 5.41) is 1.12. The Labute approximate surface area is 120 Å². The standard InChI is InChI=1S/C14H11ClN4O/c1-2-20-14-18-12(17-13(15)19-14)10-7-9-5-3-4-6-11(9)16-8-10/h3-8H,2H2,1H3. The molecule has 0 atom stereocenters. The van der Waals surface area contributed by atoms with Crippen LogP contribution in [0.25, 0.3) is 22.3 Å². The SMILES string of the molecule is CCOc1nc(Cl)nc(-c2cnc3ccccc3c2)n1. The van der Waals surface area contributed by atoms with Gasteiger partial charge in [-0.3, -0.25) is 4.98 Å². The maximum absolute atomic E-state index is 5.89. The van der Waals surface area contributed by atoms with Crippen LogP contribution in [0.5, 0.6) is 6.01 Å². The minimum absolute atomic E-state index is 0.103. The first-order chi connectivity index (χ1) is 9.76. The number of benzene rings is 1. The molecule has 0 spiro atoms. The minimum Gasteiger partial charge on any atom is -0.464 e. The predicted molar refractivity (Wildman–Crippen MR) is 76.7 cm³/mol. The molecule has 5 nitrogen and oxygen atoms in total. The van der Waals surface area contributed by atoms with Crippen LogP contribution in [0.2, 0.25) is 5.28 Å². The summed E-state index contributed by atoms with van der Waals surface area (Å²) in [5.74, 6) is 0.451. The molecule has 3 aromatic rings. The molecule has 100 valence electrons. The molecule has 0 N–H and O–H groups in total. The van der Waals surface area contributed by atoms with Gasteiger partial charge in [0, 0.05) is 17.1 Å². The Kier molecular flexibility index (Phi) is 3.43. The number of nitrogens with zero attached hydrogens (tertiary/aromatic N) is 4. The third kappa shape index (κ3) is 2.53. The molecule has 3 rings (SSSR count). The van der Waals surface area contributed by atoms with Crippen LogP contribution < -0.4 is 4.74 Å². The summed E-state index contributed by atoms with van der Waals surface area (Å²) >= 11 is 5.89. The van der Waals surface area contributed by atoms with Gasteiger partial charge in [0.15, 0.2) is 5.82 Å². The van der Waals surface area contributed by atoms with E-state index in [0.717, 1.165) is 16.5 Å². The topological polar surface area (TPSA) is 60.8 Å². The maximum atomic E-state index is 5.89. The van der Waals surface area contributed by atoms with Gasteiger partial charge in [-0.15, -0.1) is 0 Å². The van der Waals surface area contributed by atoms with Crippen LogP contribution >= 0.6 is 11.6 Å². The second-order valence-electron chi connectivity index (χ2n) is 4.06. The van der Waals surface area contributed by atoms with Crippen molar-refractivity contribution in [1.82, 2.24) is 19.9 Å². The van der Waals surface area contributed by atoms with E-state index in [1.54, 1.807) is 6.20 Å². The van der Waals surface area contributed by atoms with Gasteiger partial charge in [0.25, 0.3) is 0 Å². The van der Waals surface area contributed by atoms with Crippen LogP contribution in [0, 0.1) is 0 Å². The number of ether oxygens (including phenoxy) is 1. The lowest BCUT2D eigenvalue weighted by molar-refractivity contribution is 0.312. The van der Waals surface area contributed by atoms with Gasteiger partial charge < -0.3 is 4.74 Å². The van der Waals surface area contributed by atoms with E-state index in [4.69, 9.17) is 16.3 Å². The quantitative estimate of drug-likeness (QED) is 0.740. The van der Waals surface area contributed by atoms with Gasteiger partial charge in [0.05, 0.1) is 12.1 Å². The normalized spacial score (nSPS) is 10.7. The Balaban J connectivity index is 2.10. The number of pyridine rings is 1. The van der Waals surface area contributed by atoms with E-state index in [2.05, 4.69) is 19.9 Å². The highest BCUT2D eigenvalue weighted by Gasteiger charge is 2.09. The predicted octanol–water partition coefficient (Wildman–Crippen LogP) is 3.14. The van der Waals surface area contributed by atoms with Crippen molar-refractivity contribution in [2.45, 2.75) is 6.92 Å². The van der Waals surface area contributed by atoms with Crippen LogP contribution in [-0.4, -0.2) is 26.5 Å². The first kappa shape index (κ1) is 12.7. The van der Waals surface area contributed by atoms with E-state index in [9.17, 15) is 0 Å². The lowest BCUT2D eigenvalue weighted by atomic mass is 10.1. The Morgan fingerprint density at radius 3 is 2.85 bits per heavy atom. The lowest BCUT2D eigenvalue weighted by Crippen LogP contribution is -2.01. The Morgan fingerprint density at radius 1 is 1.15 bits per heavy atom. The third-order valence-corrected chi connectivity index (χ3v) is 2.88. The van der Waals surface area contributed by atoms with Crippen LogP contribution in [-0.2, 0) is 0 Å². The summed E-state index contributed by atoms with van der Waals surface area (Å²) < 4.78 is 5.27. The minimum atomic E-state index is 0.103. The molecule has 0 aliphatic heterocycles.